The van der Waals surface area contributed by atoms with E-state index in [4.69, 9.17) is 9.15 Å². The summed E-state index contributed by atoms with van der Waals surface area (Å²) in [6.07, 6.45) is 1.38. The lowest BCUT2D eigenvalue weighted by atomic mass is 10.1. The Kier molecular flexibility index (Phi) is 3.72. The minimum absolute atomic E-state index is 0.225. The minimum atomic E-state index is -0.645. The van der Waals surface area contributed by atoms with Crippen molar-refractivity contribution in [3.05, 3.63) is 54.0 Å². The Hall–Kier alpha value is -2.56. The van der Waals surface area contributed by atoms with Crippen LogP contribution in [-0.2, 0) is 11.2 Å². The fourth-order valence-corrected chi connectivity index (χ4v) is 2.72. The fraction of sp³-hybridized carbons (Fsp3) is 0.333. The molecule has 0 saturated carbocycles. The van der Waals surface area contributed by atoms with Crippen molar-refractivity contribution in [3.8, 4) is 0 Å². The molecule has 0 unspecified atom stereocenters. The van der Waals surface area contributed by atoms with Crippen molar-refractivity contribution in [2.45, 2.75) is 38.8 Å². The number of benzene rings is 1. The van der Waals surface area contributed by atoms with E-state index in [1.165, 1.54) is 11.2 Å². The van der Waals surface area contributed by atoms with Crippen molar-refractivity contribution in [1.82, 2.24) is 0 Å². The van der Waals surface area contributed by atoms with Crippen LogP contribution in [0.4, 0.5) is 10.5 Å². The number of nitrogens with zero attached hydrogens (tertiary/aromatic N) is 1. The van der Waals surface area contributed by atoms with Crippen LogP contribution in [0.1, 0.15) is 36.9 Å². The number of para-hydroxylation sites is 1. The molecule has 1 aliphatic rings. The molecule has 23 heavy (non-hydrogen) atoms. The maximum Gasteiger partial charge on any atom is 0.415 e. The molecule has 0 radical (unpaired) electrons. The molecule has 3 rings (SSSR count). The normalized spacial score (nSPS) is 17.0. The summed E-state index contributed by atoms with van der Waals surface area (Å²) in [5, 5.41) is 0. The van der Waals surface area contributed by atoms with Gasteiger partial charge in [0.05, 0.1) is 12.0 Å². The second-order valence-electron chi connectivity index (χ2n) is 6.54. The average Bonchev–Trinajstić information content (AvgIpc) is 3.12. The highest BCUT2D eigenvalue weighted by Crippen LogP contribution is 2.34. The molecule has 0 aliphatic carbocycles. The van der Waals surface area contributed by atoms with Gasteiger partial charge in [0.1, 0.15) is 11.6 Å². The topological polar surface area (TPSA) is 59.8 Å². The smallest absolute Gasteiger partial charge is 0.415 e. The van der Waals surface area contributed by atoms with E-state index in [0.717, 1.165) is 5.56 Å². The second-order valence-corrected chi connectivity index (χ2v) is 6.54. The van der Waals surface area contributed by atoms with E-state index in [-0.39, 0.29) is 11.5 Å². The van der Waals surface area contributed by atoms with Gasteiger partial charge in [-0.05, 0) is 44.5 Å². The number of hydrogen-bond donors (Lipinski definition) is 0. The number of carbonyl (C=O) groups is 2. The summed E-state index contributed by atoms with van der Waals surface area (Å²) in [5.74, 6) is 0.0217. The number of Topliss-reactive ketones (excluding diaryl/α,β-unsaturated/α-hetero) is 1. The van der Waals surface area contributed by atoms with Gasteiger partial charge in [0, 0.05) is 6.42 Å². The lowest BCUT2D eigenvalue weighted by Crippen LogP contribution is -2.45. The van der Waals surface area contributed by atoms with Gasteiger partial charge in [-0.1, -0.05) is 18.2 Å². The second kappa shape index (κ2) is 5.57. The molecule has 0 fully saturated rings. The summed E-state index contributed by atoms with van der Waals surface area (Å²) >= 11 is 0. The number of fused-ring (bicyclic) bond motifs is 1. The minimum Gasteiger partial charge on any atom is -0.461 e. The standard InChI is InChI=1S/C18H19NO4/c1-18(2,3)23-17(21)19-13-8-5-4-7-12(13)11-14(19)16(20)15-9-6-10-22-15/h4-10,14H,11H2,1-3H3/t14-/m0/s1. The molecule has 120 valence electrons. The van der Waals surface area contributed by atoms with Crippen LogP contribution in [-0.4, -0.2) is 23.5 Å². The van der Waals surface area contributed by atoms with Crippen LogP contribution in [0.3, 0.4) is 0 Å². The quantitative estimate of drug-likeness (QED) is 0.791. The summed E-state index contributed by atoms with van der Waals surface area (Å²) in [6, 6.07) is 10.1. The summed E-state index contributed by atoms with van der Waals surface area (Å²) in [5.41, 5.74) is 1.03. The lowest BCUT2D eigenvalue weighted by molar-refractivity contribution is 0.0557. The zero-order valence-electron chi connectivity index (χ0n) is 13.4. The van der Waals surface area contributed by atoms with Crippen molar-refractivity contribution in [2.75, 3.05) is 4.90 Å². The van der Waals surface area contributed by atoms with E-state index in [2.05, 4.69) is 0 Å². The van der Waals surface area contributed by atoms with Crippen molar-refractivity contribution in [2.24, 2.45) is 0 Å². The molecule has 2 heterocycles. The number of hydrogen-bond acceptors (Lipinski definition) is 4. The Bertz CT molecular complexity index is 728. The number of ether oxygens (including phenoxy) is 1. The predicted octanol–water partition coefficient (Wildman–Crippen LogP) is 3.83. The Labute approximate surface area is 134 Å². The molecule has 0 bridgehead atoms. The van der Waals surface area contributed by atoms with Crippen molar-refractivity contribution in [1.29, 1.82) is 0 Å². The largest absolute Gasteiger partial charge is 0.461 e. The first kappa shape index (κ1) is 15.3. The summed E-state index contributed by atoms with van der Waals surface area (Å²) < 4.78 is 10.7. The van der Waals surface area contributed by atoms with E-state index in [1.807, 2.05) is 24.3 Å². The van der Waals surface area contributed by atoms with Crippen LogP contribution >= 0.6 is 0 Å². The van der Waals surface area contributed by atoms with Crippen LogP contribution < -0.4 is 4.90 Å². The molecule has 1 amide bonds. The SMILES string of the molecule is CC(C)(C)OC(=O)N1c2ccccc2C[C@H]1C(=O)c1ccco1. The van der Waals surface area contributed by atoms with Gasteiger partial charge in [-0.15, -0.1) is 0 Å². The third-order valence-corrected chi connectivity index (χ3v) is 3.63. The monoisotopic (exact) mass is 313 g/mol. The van der Waals surface area contributed by atoms with Crippen molar-refractivity contribution >= 4 is 17.6 Å². The van der Waals surface area contributed by atoms with Gasteiger partial charge in [0.25, 0.3) is 0 Å². The number of anilines is 1. The molecule has 1 aromatic carbocycles. The first-order valence-corrected chi connectivity index (χ1v) is 7.54. The number of rotatable bonds is 2. The van der Waals surface area contributed by atoms with E-state index in [0.29, 0.717) is 12.1 Å². The molecule has 0 spiro atoms. The van der Waals surface area contributed by atoms with E-state index < -0.39 is 17.7 Å². The van der Waals surface area contributed by atoms with Gasteiger partial charge < -0.3 is 9.15 Å². The molecule has 1 atom stereocenters. The first-order valence-electron chi connectivity index (χ1n) is 7.54. The molecule has 0 saturated heterocycles. The molecular formula is C18H19NO4. The number of amides is 1. The fourth-order valence-electron chi connectivity index (χ4n) is 2.72. The number of furan rings is 1. The van der Waals surface area contributed by atoms with Gasteiger partial charge in [-0.2, -0.15) is 0 Å². The first-order chi connectivity index (χ1) is 10.9. The lowest BCUT2D eigenvalue weighted by Gasteiger charge is -2.28. The zero-order chi connectivity index (χ0) is 16.6. The Balaban J connectivity index is 1.96. The van der Waals surface area contributed by atoms with Gasteiger partial charge in [0.15, 0.2) is 5.76 Å². The maximum absolute atomic E-state index is 12.7. The van der Waals surface area contributed by atoms with E-state index in [1.54, 1.807) is 32.9 Å². The third-order valence-electron chi connectivity index (χ3n) is 3.63. The van der Waals surface area contributed by atoms with Crippen molar-refractivity contribution < 1.29 is 18.7 Å². The molecule has 5 heteroatoms. The number of ketones is 1. The summed E-state index contributed by atoms with van der Waals surface area (Å²) in [6.45, 7) is 5.41. The molecule has 1 aliphatic heterocycles. The third kappa shape index (κ3) is 2.99. The molecular weight excluding hydrogens is 294 g/mol. The zero-order valence-corrected chi connectivity index (χ0v) is 13.4. The summed E-state index contributed by atoms with van der Waals surface area (Å²) in [7, 11) is 0. The van der Waals surface area contributed by atoms with E-state index in [9.17, 15) is 9.59 Å². The van der Waals surface area contributed by atoms with Gasteiger partial charge in [-0.25, -0.2) is 4.79 Å². The molecule has 0 N–H and O–H groups in total. The van der Waals surface area contributed by atoms with Crippen LogP contribution in [0.2, 0.25) is 0 Å². The highest BCUT2D eigenvalue weighted by molar-refractivity contribution is 6.07. The molecule has 5 nitrogen and oxygen atoms in total. The molecule has 1 aromatic heterocycles. The highest BCUT2D eigenvalue weighted by Gasteiger charge is 2.41. The van der Waals surface area contributed by atoms with Gasteiger partial charge in [-0.3, -0.25) is 9.69 Å². The Morgan fingerprint density at radius 3 is 2.57 bits per heavy atom. The molecule has 2 aromatic rings. The maximum atomic E-state index is 12.7. The van der Waals surface area contributed by atoms with Crippen LogP contribution in [0, 0.1) is 0 Å². The average molecular weight is 313 g/mol. The predicted molar refractivity (Wildman–Crippen MR) is 85.7 cm³/mol. The van der Waals surface area contributed by atoms with Crippen LogP contribution in [0.25, 0.3) is 0 Å². The number of carbonyl (C=O) groups excluding carboxylic acids is 2. The van der Waals surface area contributed by atoms with E-state index >= 15 is 0 Å². The Morgan fingerprint density at radius 1 is 1.17 bits per heavy atom. The van der Waals surface area contributed by atoms with Gasteiger partial charge in [0.2, 0.25) is 5.78 Å². The van der Waals surface area contributed by atoms with Crippen LogP contribution in [0.15, 0.2) is 47.1 Å². The van der Waals surface area contributed by atoms with Crippen LogP contribution in [0.5, 0.6) is 0 Å². The highest BCUT2D eigenvalue weighted by atomic mass is 16.6. The van der Waals surface area contributed by atoms with Gasteiger partial charge >= 0.3 is 6.09 Å². The van der Waals surface area contributed by atoms with Crippen molar-refractivity contribution in [3.63, 3.8) is 0 Å². The Morgan fingerprint density at radius 2 is 1.91 bits per heavy atom. The summed E-state index contributed by atoms with van der Waals surface area (Å²) in [4.78, 5) is 26.8.